The molecular formula is C16H26O3. The maximum atomic E-state index is 11.2. The number of rotatable bonds is 10. The van der Waals surface area contributed by atoms with E-state index in [1.54, 1.807) is 6.07 Å². The molecule has 0 spiro atoms. The van der Waals surface area contributed by atoms with Crippen LogP contribution in [0.15, 0.2) is 16.7 Å². The normalized spacial score (nSPS) is 12.5. The molecule has 108 valence electrons. The zero-order chi connectivity index (χ0) is 14.1. The van der Waals surface area contributed by atoms with E-state index < -0.39 is 5.97 Å². The van der Waals surface area contributed by atoms with Gasteiger partial charge in [-0.2, -0.15) is 0 Å². The summed E-state index contributed by atoms with van der Waals surface area (Å²) in [4.78, 5) is 11.2. The monoisotopic (exact) mass is 266 g/mol. The second-order valence-electron chi connectivity index (χ2n) is 5.19. The Kier molecular flexibility index (Phi) is 7.31. The van der Waals surface area contributed by atoms with E-state index in [-0.39, 0.29) is 5.92 Å². The van der Waals surface area contributed by atoms with Crippen LogP contribution >= 0.6 is 0 Å². The van der Waals surface area contributed by atoms with Crippen molar-refractivity contribution in [3.63, 3.8) is 0 Å². The van der Waals surface area contributed by atoms with Gasteiger partial charge in [-0.3, -0.25) is 0 Å². The molecule has 0 radical (unpaired) electrons. The molecule has 0 saturated carbocycles. The Balaban J connectivity index is 2.66. The summed E-state index contributed by atoms with van der Waals surface area (Å²) in [5, 5.41) is 9.18. The zero-order valence-electron chi connectivity index (χ0n) is 12.2. The van der Waals surface area contributed by atoms with Crippen LogP contribution in [0.2, 0.25) is 0 Å². The Morgan fingerprint density at radius 2 is 1.84 bits per heavy atom. The first-order valence-electron chi connectivity index (χ1n) is 7.51. The lowest BCUT2D eigenvalue weighted by Gasteiger charge is -2.15. The van der Waals surface area contributed by atoms with Crippen LogP contribution in [-0.2, 0) is 0 Å². The fourth-order valence-corrected chi connectivity index (χ4v) is 2.49. The van der Waals surface area contributed by atoms with Gasteiger partial charge in [0.05, 0.1) is 6.26 Å². The summed E-state index contributed by atoms with van der Waals surface area (Å²) in [6.07, 6.45) is 10.7. The predicted molar refractivity (Wildman–Crippen MR) is 76.7 cm³/mol. The molecule has 0 fully saturated rings. The van der Waals surface area contributed by atoms with Crippen LogP contribution in [0.1, 0.15) is 87.3 Å². The quantitative estimate of drug-likeness (QED) is 0.590. The van der Waals surface area contributed by atoms with E-state index in [0.29, 0.717) is 11.3 Å². The summed E-state index contributed by atoms with van der Waals surface area (Å²) >= 11 is 0. The van der Waals surface area contributed by atoms with E-state index >= 15 is 0 Å². The van der Waals surface area contributed by atoms with E-state index in [0.717, 1.165) is 32.1 Å². The minimum absolute atomic E-state index is 0.262. The minimum atomic E-state index is -0.876. The molecule has 1 aromatic rings. The van der Waals surface area contributed by atoms with Gasteiger partial charge < -0.3 is 9.52 Å². The first kappa shape index (κ1) is 15.8. The molecule has 1 N–H and O–H groups in total. The topological polar surface area (TPSA) is 50.4 Å². The molecule has 3 nitrogen and oxygen atoms in total. The van der Waals surface area contributed by atoms with Crippen molar-refractivity contribution in [3.8, 4) is 0 Å². The molecule has 1 rings (SSSR count). The summed E-state index contributed by atoms with van der Waals surface area (Å²) < 4.78 is 5.46. The van der Waals surface area contributed by atoms with E-state index in [9.17, 15) is 9.90 Å². The van der Waals surface area contributed by atoms with Crippen molar-refractivity contribution >= 4 is 5.97 Å². The Morgan fingerprint density at radius 1 is 1.16 bits per heavy atom. The third-order valence-corrected chi connectivity index (χ3v) is 3.61. The first-order chi connectivity index (χ1) is 9.20. The van der Waals surface area contributed by atoms with Crippen molar-refractivity contribution < 1.29 is 14.3 Å². The van der Waals surface area contributed by atoms with Gasteiger partial charge >= 0.3 is 5.97 Å². The van der Waals surface area contributed by atoms with Crippen molar-refractivity contribution in [2.45, 2.75) is 71.1 Å². The van der Waals surface area contributed by atoms with Gasteiger partial charge in [0.2, 0.25) is 0 Å². The maximum Gasteiger partial charge on any atom is 0.339 e. The smallest absolute Gasteiger partial charge is 0.339 e. The number of hydrogen-bond acceptors (Lipinski definition) is 2. The fraction of sp³-hybridized carbons (Fsp3) is 0.688. The highest BCUT2D eigenvalue weighted by Gasteiger charge is 2.21. The number of carbonyl (C=O) groups is 1. The lowest BCUT2D eigenvalue weighted by atomic mass is 9.91. The van der Waals surface area contributed by atoms with Crippen LogP contribution in [0, 0.1) is 0 Å². The van der Waals surface area contributed by atoms with Gasteiger partial charge in [-0.1, -0.05) is 52.4 Å². The van der Waals surface area contributed by atoms with Gasteiger partial charge in [0.15, 0.2) is 0 Å². The highest BCUT2D eigenvalue weighted by Crippen LogP contribution is 2.31. The van der Waals surface area contributed by atoms with Crippen LogP contribution in [0.25, 0.3) is 0 Å². The second-order valence-corrected chi connectivity index (χ2v) is 5.19. The number of carboxylic acids is 1. The first-order valence-corrected chi connectivity index (χ1v) is 7.51. The second kappa shape index (κ2) is 8.78. The van der Waals surface area contributed by atoms with Gasteiger partial charge in [-0.05, 0) is 18.9 Å². The van der Waals surface area contributed by atoms with Crippen molar-refractivity contribution in [3.05, 3.63) is 23.7 Å². The summed E-state index contributed by atoms with van der Waals surface area (Å²) in [6, 6.07) is 1.57. The minimum Gasteiger partial charge on any atom is -0.478 e. The fourth-order valence-electron chi connectivity index (χ4n) is 2.49. The lowest BCUT2D eigenvalue weighted by molar-refractivity contribution is 0.0693. The zero-order valence-corrected chi connectivity index (χ0v) is 12.2. The van der Waals surface area contributed by atoms with Crippen molar-refractivity contribution in [1.29, 1.82) is 0 Å². The van der Waals surface area contributed by atoms with Crippen molar-refractivity contribution in [2.75, 3.05) is 0 Å². The van der Waals surface area contributed by atoms with E-state index in [4.69, 9.17) is 4.42 Å². The summed E-state index contributed by atoms with van der Waals surface area (Å²) in [5.41, 5.74) is 0.344. The van der Waals surface area contributed by atoms with Crippen LogP contribution in [0.5, 0.6) is 0 Å². The average Bonchev–Trinajstić information content (AvgIpc) is 2.87. The summed E-state index contributed by atoms with van der Waals surface area (Å²) in [6.45, 7) is 4.36. The Hall–Kier alpha value is -1.25. The number of hydrogen-bond donors (Lipinski definition) is 1. The average molecular weight is 266 g/mol. The molecule has 1 aromatic heterocycles. The molecule has 0 bridgehead atoms. The van der Waals surface area contributed by atoms with E-state index in [2.05, 4.69) is 13.8 Å². The van der Waals surface area contributed by atoms with Gasteiger partial charge in [0, 0.05) is 5.92 Å². The van der Waals surface area contributed by atoms with Crippen LogP contribution in [-0.4, -0.2) is 11.1 Å². The number of furan rings is 1. The SMILES string of the molecule is CCCCCCC(CCCC)c1occc1C(=O)O. The number of aromatic carboxylic acids is 1. The molecular weight excluding hydrogens is 240 g/mol. The van der Waals surface area contributed by atoms with Gasteiger partial charge in [-0.15, -0.1) is 0 Å². The molecule has 0 aliphatic carbocycles. The molecule has 19 heavy (non-hydrogen) atoms. The molecule has 0 aromatic carbocycles. The van der Waals surface area contributed by atoms with Crippen LogP contribution < -0.4 is 0 Å². The van der Waals surface area contributed by atoms with E-state index in [1.165, 1.54) is 25.5 Å². The standard InChI is InChI=1S/C16H26O3/c1-3-5-7-8-10-13(9-6-4-2)15-14(16(17)18)11-12-19-15/h11-13H,3-10H2,1-2H3,(H,17,18). The molecule has 0 aliphatic rings. The largest absolute Gasteiger partial charge is 0.478 e. The van der Waals surface area contributed by atoms with E-state index in [1.807, 2.05) is 0 Å². The van der Waals surface area contributed by atoms with Crippen LogP contribution in [0.3, 0.4) is 0 Å². The molecule has 0 amide bonds. The molecule has 1 unspecified atom stereocenters. The van der Waals surface area contributed by atoms with Crippen LogP contribution in [0.4, 0.5) is 0 Å². The highest BCUT2D eigenvalue weighted by molar-refractivity contribution is 5.88. The number of carboxylic acid groups (broad SMARTS) is 1. The van der Waals surface area contributed by atoms with Gasteiger partial charge in [0.25, 0.3) is 0 Å². The lowest BCUT2D eigenvalue weighted by Crippen LogP contribution is -2.05. The third kappa shape index (κ3) is 5.09. The van der Waals surface area contributed by atoms with Gasteiger partial charge in [-0.25, -0.2) is 4.79 Å². The maximum absolute atomic E-state index is 11.2. The summed E-state index contributed by atoms with van der Waals surface area (Å²) in [7, 11) is 0. The third-order valence-electron chi connectivity index (χ3n) is 3.61. The Bertz CT molecular complexity index is 368. The Labute approximate surface area is 116 Å². The highest BCUT2D eigenvalue weighted by atomic mass is 16.4. The summed E-state index contributed by atoms with van der Waals surface area (Å²) in [5.74, 6) is 0.0640. The molecule has 0 aliphatic heterocycles. The molecule has 3 heteroatoms. The van der Waals surface area contributed by atoms with Crippen molar-refractivity contribution in [2.24, 2.45) is 0 Å². The molecule has 0 saturated heterocycles. The molecule has 1 heterocycles. The van der Waals surface area contributed by atoms with Crippen molar-refractivity contribution in [1.82, 2.24) is 0 Å². The molecule has 1 atom stereocenters. The predicted octanol–water partition coefficient (Wildman–Crippen LogP) is 5.22. The Morgan fingerprint density at radius 3 is 2.47 bits per heavy atom. The van der Waals surface area contributed by atoms with Gasteiger partial charge in [0.1, 0.15) is 11.3 Å². The number of unbranched alkanes of at least 4 members (excludes halogenated alkanes) is 4.